The van der Waals surface area contributed by atoms with Crippen molar-refractivity contribution >= 4 is 22.6 Å². The maximum Gasteiger partial charge on any atom is 0.240 e. The third kappa shape index (κ3) is 2.54. The van der Waals surface area contributed by atoms with Crippen molar-refractivity contribution in [2.45, 2.75) is 13.3 Å². The lowest BCUT2D eigenvalue weighted by atomic mass is 10.0. The molecule has 0 aliphatic carbocycles. The molecule has 0 spiro atoms. The van der Waals surface area contributed by atoms with Crippen LogP contribution in [-0.2, 0) is 6.42 Å². The summed E-state index contributed by atoms with van der Waals surface area (Å²) >= 11 is 5.85. The van der Waals surface area contributed by atoms with E-state index in [0.29, 0.717) is 16.7 Å². The Morgan fingerprint density at radius 1 is 1.19 bits per heavy atom. The van der Waals surface area contributed by atoms with Crippen LogP contribution in [-0.4, -0.2) is 24.7 Å². The Morgan fingerprint density at radius 2 is 1.96 bits per heavy atom. The van der Waals surface area contributed by atoms with E-state index < -0.39 is 28.8 Å². The molecule has 2 aromatic heterocycles. The number of nitrogens with one attached hydrogen (secondary N) is 1. The number of halogens is 3. The molecule has 0 saturated carbocycles. The first-order valence-electron chi connectivity index (χ1n) is 8.16. The maximum absolute atomic E-state index is 14.7. The standard InChI is InChI=1S/C19H14ClF2N3O2/c1-2-10-17(15-12(21)5-4-11(20)16(15)22)25(19(27)18(10)26)9-3-6-13-14(7-9)24-8-23-13/h3-8,26-27H,2H2,1H3,(H,23,24). The molecule has 0 aliphatic heterocycles. The third-order valence-corrected chi connectivity index (χ3v) is 4.81. The molecule has 0 saturated heterocycles. The van der Waals surface area contributed by atoms with Gasteiger partial charge in [0.2, 0.25) is 5.88 Å². The fourth-order valence-corrected chi connectivity index (χ4v) is 3.41. The van der Waals surface area contributed by atoms with Gasteiger partial charge in [-0.05, 0) is 36.8 Å². The highest BCUT2D eigenvalue weighted by atomic mass is 35.5. The second-order valence-electron chi connectivity index (χ2n) is 6.01. The number of aromatic nitrogens is 3. The van der Waals surface area contributed by atoms with E-state index in [1.165, 1.54) is 10.9 Å². The van der Waals surface area contributed by atoms with E-state index in [1.807, 2.05) is 0 Å². The van der Waals surface area contributed by atoms with Crippen LogP contribution >= 0.6 is 11.6 Å². The average molecular weight is 390 g/mol. The topological polar surface area (TPSA) is 74.1 Å². The van der Waals surface area contributed by atoms with E-state index in [-0.39, 0.29) is 22.7 Å². The molecule has 4 aromatic rings. The van der Waals surface area contributed by atoms with Crippen molar-refractivity contribution < 1.29 is 19.0 Å². The molecule has 0 atom stereocenters. The summed E-state index contributed by atoms with van der Waals surface area (Å²) in [5.74, 6) is -2.77. The Labute approximate surface area is 157 Å². The molecule has 5 nitrogen and oxygen atoms in total. The van der Waals surface area contributed by atoms with Crippen LogP contribution in [0.4, 0.5) is 8.78 Å². The minimum absolute atomic E-state index is 0.00358. The molecule has 138 valence electrons. The minimum atomic E-state index is -0.965. The third-order valence-electron chi connectivity index (χ3n) is 4.52. The summed E-state index contributed by atoms with van der Waals surface area (Å²) in [6, 6.07) is 7.14. The molecule has 0 aliphatic rings. The second kappa shape index (κ2) is 6.28. The minimum Gasteiger partial charge on any atom is -0.503 e. The number of hydrogen-bond acceptors (Lipinski definition) is 3. The van der Waals surface area contributed by atoms with Gasteiger partial charge in [0.15, 0.2) is 11.6 Å². The predicted octanol–water partition coefficient (Wildman–Crippen LogP) is 4.93. The highest BCUT2D eigenvalue weighted by Crippen LogP contribution is 2.45. The Kier molecular flexibility index (Phi) is 4.04. The lowest BCUT2D eigenvalue weighted by molar-refractivity contribution is 0.385. The Morgan fingerprint density at radius 3 is 2.70 bits per heavy atom. The summed E-state index contributed by atoms with van der Waals surface area (Å²) in [5, 5.41) is 20.6. The van der Waals surface area contributed by atoms with E-state index >= 15 is 0 Å². The first-order chi connectivity index (χ1) is 12.9. The van der Waals surface area contributed by atoms with Gasteiger partial charge in [0.25, 0.3) is 0 Å². The SMILES string of the molecule is CCc1c(O)c(O)n(-c2ccc3nc[nH]c3c2)c1-c1c(F)ccc(Cl)c1F. The number of aromatic hydroxyl groups is 2. The zero-order chi connectivity index (χ0) is 19.3. The van der Waals surface area contributed by atoms with Gasteiger partial charge in [0, 0.05) is 5.56 Å². The average Bonchev–Trinajstić information content (AvgIpc) is 3.21. The smallest absolute Gasteiger partial charge is 0.240 e. The van der Waals surface area contributed by atoms with Crippen molar-refractivity contribution in [1.82, 2.24) is 14.5 Å². The number of rotatable bonds is 3. The largest absolute Gasteiger partial charge is 0.503 e. The molecular formula is C19H14ClF2N3O2. The quantitative estimate of drug-likeness (QED) is 0.435. The van der Waals surface area contributed by atoms with Crippen LogP contribution < -0.4 is 0 Å². The normalized spacial score (nSPS) is 11.4. The Bertz CT molecular complexity index is 1180. The van der Waals surface area contributed by atoms with Gasteiger partial charge in [-0.25, -0.2) is 13.8 Å². The number of nitrogens with zero attached hydrogens (tertiary/aromatic N) is 2. The van der Waals surface area contributed by atoms with Crippen molar-refractivity contribution in [3.8, 4) is 28.6 Å². The Balaban J connectivity index is 2.11. The molecule has 2 heterocycles. The first-order valence-corrected chi connectivity index (χ1v) is 8.54. The molecule has 0 bridgehead atoms. The van der Waals surface area contributed by atoms with E-state index in [0.717, 1.165) is 12.1 Å². The van der Waals surface area contributed by atoms with Crippen LogP contribution in [0, 0.1) is 11.6 Å². The second-order valence-corrected chi connectivity index (χ2v) is 6.42. The lowest BCUT2D eigenvalue weighted by Gasteiger charge is -2.14. The summed E-state index contributed by atoms with van der Waals surface area (Å²) in [4.78, 5) is 7.06. The van der Waals surface area contributed by atoms with Crippen LogP contribution in [0.5, 0.6) is 11.6 Å². The van der Waals surface area contributed by atoms with Gasteiger partial charge in [-0.3, -0.25) is 4.57 Å². The number of benzene rings is 2. The Hall–Kier alpha value is -3.06. The van der Waals surface area contributed by atoms with Crippen molar-refractivity contribution in [2.24, 2.45) is 0 Å². The summed E-state index contributed by atoms with van der Waals surface area (Å²) in [6.07, 6.45) is 1.75. The lowest BCUT2D eigenvalue weighted by Crippen LogP contribution is -2.02. The maximum atomic E-state index is 14.7. The molecule has 0 unspecified atom stereocenters. The molecule has 0 amide bonds. The van der Waals surface area contributed by atoms with Gasteiger partial charge < -0.3 is 15.2 Å². The molecule has 0 fully saturated rings. The van der Waals surface area contributed by atoms with Crippen molar-refractivity contribution in [2.75, 3.05) is 0 Å². The van der Waals surface area contributed by atoms with Crippen LogP contribution in [0.2, 0.25) is 5.02 Å². The van der Waals surface area contributed by atoms with Crippen molar-refractivity contribution in [3.63, 3.8) is 0 Å². The highest BCUT2D eigenvalue weighted by molar-refractivity contribution is 6.31. The van der Waals surface area contributed by atoms with E-state index in [9.17, 15) is 19.0 Å². The van der Waals surface area contributed by atoms with Gasteiger partial charge >= 0.3 is 0 Å². The summed E-state index contributed by atoms with van der Waals surface area (Å²) in [5.41, 5.74) is 1.54. The summed E-state index contributed by atoms with van der Waals surface area (Å²) < 4.78 is 30.5. The van der Waals surface area contributed by atoms with Gasteiger partial charge in [-0.1, -0.05) is 18.5 Å². The zero-order valence-corrected chi connectivity index (χ0v) is 14.8. The van der Waals surface area contributed by atoms with Gasteiger partial charge in [-0.15, -0.1) is 0 Å². The molecule has 3 N–H and O–H groups in total. The number of aromatic amines is 1. The molecule has 4 rings (SSSR count). The summed E-state index contributed by atoms with van der Waals surface area (Å²) in [7, 11) is 0. The van der Waals surface area contributed by atoms with Crippen molar-refractivity contribution in [3.05, 3.63) is 58.9 Å². The van der Waals surface area contributed by atoms with Crippen molar-refractivity contribution in [1.29, 1.82) is 0 Å². The van der Waals surface area contributed by atoms with Gasteiger partial charge in [0.05, 0.1) is 39.3 Å². The number of imidazole rings is 1. The number of H-pyrrole nitrogens is 1. The predicted molar refractivity (Wildman–Crippen MR) is 98.5 cm³/mol. The monoisotopic (exact) mass is 389 g/mol. The number of hydrogen-bond donors (Lipinski definition) is 3. The zero-order valence-electron chi connectivity index (χ0n) is 14.1. The van der Waals surface area contributed by atoms with Crippen LogP contribution in [0.25, 0.3) is 28.0 Å². The summed E-state index contributed by atoms with van der Waals surface area (Å²) in [6.45, 7) is 1.71. The molecular weight excluding hydrogens is 376 g/mol. The van der Waals surface area contributed by atoms with Crippen LogP contribution in [0.15, 0.2) is 36.7 Å². The molecule has 2 aromatic carbocycles. The fourth-order valence-electron chi connectivity index (χ4n) is 3.25. The van der Waals surface area contributed by atoms with E-state index in [1.54, 1.807) is 25.1 Å². The van der Waals surface area contributed by atoms with E-state index in [2.05, 4.69) is 9.97 Å². The van der Waals surface area contributed by atoms with E-state index in [4.69, 9.17) is 11.6 Å². The molecule has 27 heavy (non-hydrogen) atoms. The molecule has 0 radical (unpaired) electrons. The van der Waals surface area contributed by atoms with Crippen LogP contribution in [0.1, 0.15) is 12.5 Å². The first kappa shape index (κ1) is 17.4. The number of fused-ring (bicyclic) bond motifs is 1. The van der Waals surface area contributed by atoms with Gasteiger partial charge in [-0.2, -0.15) is 0 Å². The highest BCUT2D eigenvalue weighted by Gasteiger charge is 2.28. The molecule has 8 heteroatoms. The van der Waals surface area contributed by atoms with Gasteiger partial charge in [0.1, 0.15) is 5.82 Å². The fraction of sp³-hybridized carbons (Fsp3) is 0.105. The van der Waals surface area contributed by atoms with Crippen LogP contribution in [0.3, 0.4) is 0 Å².